The Morgan fingerprint density at radius 1 is 1.50 bits per heavy atom. The van der Waals surface area contributed by atoms with Gasteiger partial charge in [-0.25, -0.2) is 0 Å². The van der Waals surface area contributed by atoms with Crippen LogP contribution in [0.4, 0.5) is 0 Å². The first-order chi connectivity index (χ1) is 8.72. The average molecular weight is 255 g/mol. The Kier molecular flexibility index (Phi) is 7.13. The van der Waals surface area contributed by atoms with Crippen molar-refractivity contribution in [2.45, 2.75) is 25.8 Å². The summed E-state index contributed by atoms with van der Waals surface area (Å²) in [6.45, 7) is 2.98. The van der Waals surface area contributed by atoms with Gasteiger partial charge in [-0.15, -0.1) is 0 Å². The van der Waals surface area contributed by atoms with Gasteiger partial charge in [0.05, 0.1) is 19.5 Å². The van der Waals surface area contributed by atoms with E-state index in [4.69, 9.17) is 13.9 Å². The summed E-state index contributed by atoms with van der Waals surface area (Å²) in [6.07, 6.45) is 3.32. The highest BCUT2D eigenvalue weighted by Crippen LogP contribution is 2.05. The van der Waals surface area contributed by atoms with Crippen molar-refractivity contribution in [3.63, 3.8) is 0 Å². The highest BCUT2D eigenvalue weighted by molar-refractivity contribution is 5.77. The van der Waals surface area contributed by atoms with Gasteiger partial charge in [-0.3, -0.25) is 4.79 Å². The van der Waals surface area contributed by atoms with Gasteiger partial charge in [0.1, 0.15) is 12.4 Å². The first kappa shape index (κ1) is 14.7. The van der Waals surface area contributed by atoms with Crippen LogP contribution in [0.25, 0.3) is 0 Å². The number of rotatable bonds is 9. The van der Waals surface area contributed by atoms with Gasteiger partial charge in [-0.2, -0.15) is 0 Å². The molecule has 1 atom stereocenters. The van der Waals surface area contributed by atoms with Gasteiger partial charge in [-0.05, 0) is 25.5 Å². The predicted molar refractivity (Wildman–Crippen MR) is 67.3 cm³/mol. The zero-order valence-corrected chi connectivity index (χ0v) is 11.0. The lowest BCUT2D eigenvalue weighted by atomic mass is 10.1. The molecule has 1 rings (SSSR count). The van der Waals surface area contributed by atoms with Crippen LogP contribution in [-0.2, 0) is 20.7 Å². The van der Waals surface area contributed by atoms with E-state index >= 15 is 0 Å². The molecule has 1 aromatic rings. The topological polar surface area (TPSA) is 60.7 Å². The summed E-state index contributed by atoms with van der Waals surface area (Å²) in [5.74, 6) is 0.838. The molecular formula is C13H21NO4. The Morgan fingerprint density at radius 2 is 2.33 bits per heavy atom. The number of aryl methyl sites for hydroxylation is 1. The number of carbonyl (C=O) groups is 1. The largest absolute Gasteiger partial charge is 0.469 e. The molecule has 0 aromatic carbocycles. The van der Waals surface area contributed by atoms with Crippen molar-refractivity contribution >= 4 is 5.91 Å². The van der Waals surface area contributed by atoms with Crippen molar-refractivity contribution in [2.75, 3.05) is 26.9 Å². The van der Waals surface area contributed by atoms with E-state index in [2.05, 4.69) is 5.32 Å². The van der Waals surface area contributed by atoms with Crippen molar-refractivity contribution in [2.24, 2.45) is 0 Å². The fraction of sp³-hybridized carbons (Fsp3) is 0.615. The second-order valence-electron chi connectivity index (χ2n) is 4.13. The van der Waals surface area contributed by atoms with Crippen molar-refractivity contribution in [3.8, 4) is 0 Å². The molecule has 0 aliphatic carbocycles. The standard InChI is InChI=1S/C13H21NO4/c1-11(5-6-12-4-3-7-18-12)14-13(15)10-17-9-8-16-2/h3-4,7,11H,5-6,8-10H2,1-2H3,(H,14,15). The summed E-state index contributed by atoms with van der Waals surface area (Å²) in [4.78, 5) is 11.5. The van der Waals surface area contributed by atoms with Crippen LogP contribution in [0.5, 0.6) is 0 Å². The second-order valence-corrected chi connectivity index (χ2v) is 4.13. The molecule has 0 aliphatic rings. The third-order valence-electron chi connectivity index (χ3n) is 2.48. The first-order valence-electron chi connectivity index (χ1n) is 6.10. The highest BCUT2D eigenvalue weighted by Gasteiger charge is 2.08. The molecular weight excluding hydrogens is 234 g/mol. The number of ether oxygens (including phenoxy) is 2. The number of furan rings is 1. The zero-order chi connectivity index (χ0) is 13.2. The van der Waals surface area contributed by atoms with E-state index in [-0.39, 0.29) is 18.6 Å². The molecule has 5 heteroatoms. The van der Waals surface area contributed by atoms with Crippen molar-refractivity contribution in [1.82, 2.24) is 5.32 Å². The number of amides is 1. The lowest BCUT2D eigenvalue weighted by molar-refractivity contribution is -0.126. The molecule has 1 unspecified atom stereocenters. The van der Waals surface area contributed by atoms with Crippen LogP contribution in [0, 0.1) is 0 Å². The van der Waals surface area contributed by atoms with Crippen LogP contribution >= 0.6 is 0 Å². The van der Waals surface area contributed by atoms with E-state index in [0.29, 0.717) is 13.2 Å². The SMILES string of the molecule is COCCOCC(=O)NC(C)CCc1ccco1. The fourth-order valence-corrected chi connectivity index (χ4v) is 1.51. The summed E-state index contributed by atoms with van der Waals surface area (Å²) in [5.41, 5.74) is 0. The van der Waals surface area contributed by atoms with E-state index < -0.39 is 0 Å². The Hall–Kier alpha value is -1.33. The van der Waals surface area contributed by atoms with E-state index in [1.54, 1.807) is 13.4 Å². The van der Waals surface area contributed by atoms with Gasteiger partial charge in [-0.1, -0.05) is 0 Å². The molecule has 18 heavy (non-hydrogen) atoms. The normalized spacial score (nSPS) is 12.3. The quantitative estimate of drug-likeness (QED) is 0.677. The molecule has 5 nitrogen and oxygen atoms in total. The third-order valence-corrected chi connectivity index (χ3v) is 2.48. The molecule has 0 bridgehead atoms. The van der Waals surface area contributed by atoms with Crippen molar-refractivity contribution < 1.29 is 18.7 Å². The number of carbonyl (C=O) groups excluding carboxylic acids is 1. The molecule has 1 amide bonds. The molecule has 0 spiro atoms. The van der Waals surface area contributed by atoms with Crippen molar-refractivity contribution in [1.29, 1.82) is 0 Å². The van der Waals surface area contributed by atoms with Crippen LogP contribution in [0.2, 0.25) is 0 Å². The van der Waals surface area contributed by atoms with Crippen LogP contribution in [0.15, 0.2) is 22.8 Å². The van der Waals surface area contributed by atoms with Gasteiger partial charge < -0.3 is 19.2 Å². The number of hydrogen-bond acceptors (Lipinski definition) is 4. The maximum atomic E-state index is 11.5. The molecule has 0 saturated carbocycles. The molecule has 0 aliphatic heterocycles. The molecule has 0 saturated heterocycles. The van der Waals surface area contributed by atoms with Gasteiger partial charge >= 0.3 is 0 Å². The maximum Gasteiger partial charge on any atom is 0.246 e. The monoisotopic (exact) mass is 255 g/mol. The zero-order valence-electron chi connectivity index (χ0n) is 11.0. The third kappa shape index (κ3) is 6.42. The Bertz CT molecular complexity index is 324. The summed E-state index contributed by atoms with van der Waals surface area (Å²) in [5, 5.41) is 2.87. The predicted octanol–water partition coefficient (Wildman–Crippen LogP) is 1.38. The van der Waals surface area contributed by atoms with Crippen LogP contribution in [0.1, 0.15) is 19.1 Å². The molecule has 102 valence electrons. The van der Waals surface area contributed by atoms with Crippen LogP contribution in [-0.4, -0.2) is 38.9 Å². The molecule has 1 aromatic heterocycles. The first-order valence-corrected chi connectivity index (χ1v) is 6.10. The Labute approximate surface area is 107 Å². The molecule has 0 radical (unpaired) electrons. The summed E-state index contributed by atoms with van der Waals surface area (Å²) in [6, 6.07) is 3.90. The van der Waals surface area contributed by atoms with Crippen molar-refractivity contribution in [3.05, 3.63) is 24.2 Å². The number of methoxy groups -OCH3 is 1. The number of hydrogen-bond donors (Lipinski definition) is 1. The van der Waals surface area contributed by atoms with Gasteiger partial charge in [0.2, 0.25) is 5.91 Å². The van der Waals surface area contributed by atoms with E-state index in [0.717, 1.165) is 18.6 Å². The minimum atomic E-state index is -0.0990. The Balaban J connectivity index is 2.07. The van der Waals surface area contributed by atoms with Crippen LogP contribution < -0.4 is 5.32 Å². The van der Waals surface area contributed by atoms with E-state index in [9.17, 15) is 4.79 Å². The Morgan fingerprint density at radius 3 is 3.00 bits per heavy atom. The van der Waals surface area contributed by atoms with Gasteiger partial charge in [0.15, 0.2) is 0 Å². The minimum absolute atomic E-state index is 0.0778. The summed E-state index contributed by atoms with van der Waals surface area (Å²) >= 11 is 0. The maximum absolute atomic E-state index is 11.5. The fourth-order valence-electron chi connectivity index (χ4n) is 1.51. The summed E-state index contributed by atoms with van der Waals surface area (Å²) < 4.78 is 15.2. The molecule has 1 heterocycles. The van der Waals surface area contributed by atoms with Gasteiger partial charge in [0.25, 0.3) is 0 Å². The van der Waals surface area contributed by atoms with E-state index in [1.807, 2.05) is 19.1 Å². The lowest BCUT2D eigenvalue weighted by Gasteiger charge is -2.13. The van der Waals surface area contributed by atoms with E-state index in [1.165, 1.54) is 0 Å². The molecule has 0 fully saturated rings. The summed E-state index contributed by atoms with van der Waals surface area (Å²) in [7, 11) is 1.60. The highest BCUT2D eigenvalue weighted by atomic mass is 16.5. The number of nitrogens with one attached hydrogen (secondary N) is 1. The average Bonchev–Trinajstić information content (AvgIpc) is 2.85. The lowest BCUT2D eigenvalue weighted by Crippen LogP contribution is -2.35. The minimum Gasteiger partial charge on any atom is -0.469 e. The smallest absolute Gasteiger partial charge is 0.246 e. The van der Waals surface area contributed by atoms with Gasteiger partial charge in [0, 0.05) is 19.6 Å². The molecule has 1 N–H and O–H groups in total. The van der Waals surface area contributed by atoms with Crippen LogP contribution in [0.3, 0.4) is 0 Å². The second kappa shape index (κ2) is 8.72.